The molecule has 0 saturated heterocycles. The fourth-order valence-corrected chi connectivity index (χ4v) is 3.10. The van der Waals surface area contributed by atoms with Crippen LogP contribution in [-0.2, 0) is 0 Å². The molecular weight excluding hydrogens is 330 g/mol. The molecule has 1 amide bonds. The van der Waals surface area contributed by atoms with E-state index in [1.807, 2.05) is 32.0 Å². The second kappa shape index (κ2) is 8.17. The number of aromatic nitrogens is 2. The third-order valence-corrected chi connectivity index (χ3v) is 4.64. The van der Waals surface area contributed by atoms with Gasteiger partial charge in [-0.2, -0.15) is 0 Å². The van der Waals surface area contributed by atoms with Crippen LogP contribution in [0.5, 0.6) is 11.5 Å². The first-order valence-electron chi connectivity index (χ1n) is 9.01. The third-order valence-electron chi connectivity index (χ3n) is 4.64. The molecule has 0 spiro atoms. The molecule has 0 aliphatic heterocycles. The zero-order valence-corrected chi connectivity index (χ0v) is 15.5. The Bertz CT molecular complexity index is 755. The van der Waals surface area contributed by atoms with Crippen LogP contribution in [0.15, 0.2) is 30.6 Å². The summed E-state index contributed by atoms with van der Waals surface area (Å²) in [5, 5.41) is 2.94. The van der Waals surface area contributed by atoms with E-state index in [9.17, 15) is 4.79 Å². The maximum Gasteiger partial charge on any atom is 0.271 e. The van der Waals surface area contributed by atoms with Gasteiger partial charge in [0.05, 0.1) is 31.1 Å². The van der Waals surface area contributed by atoms with E-state index in [1.54, 1.807) is 13.3 Å². The molecule has 1 aliphatic rings. The van der Waals surface area contributed by atoms with Crippen LogP contribution in [0.4, 0.5) is 0 Å². The normalized spacial score (nSPS) is 15.5. The molecule has 26 heavy (non-hydrogen) atoms. The Hall–Kier alpha value is -2.63. The number of amides is 1. The molecule has 138 valence electrons. The summed E-state index contributed by atoms with van der Waals surface area (Å²) < 4.78 is 11.6. The Labute approximate surface area is 154 Å². The van der Waals surface area contributed by atoms with Crippen molar-refractivity contribution in [3.63, 3.8) is 0 Å². The van der Waals surface area contributed by atoms with Gasteiger partial charge in [0, 0.05) is 6.20 Å². The minimum absolute atomic E-state index is 0.194. The summed E-state index contributed by atoms with van der Waals surface area (Å²) in [6.07, 6.45) is 7.96. The quantitative estimate of drug-likeness (QED) is 0.857. The Morgan fingerprint density at radius 1 is 1.19 bits per heavy atom. The van der Waals surface area contributed by atoms with Gasteiger partial charge < -0.3 is 14.8 Å². The maximum atomic E-state index is 12.3. The van der Waals surface area contributed by atoms with Crippen molar-refractivity contribution in [1.29, 1.82) is 0 Å². The van der Waals surface area contributed by atoms with Gasteiger partial charge >= 0.3 is 0 Å². The van der Waals surface area contributed by atoms with Crippen LogP contribution >= 0.6 is 0 Å². The van der Waals surface area contributed by atoms with Crippen LogP contribution in [0.25, 0.3) is 0 Å². The van der Waals surface area contributed by atoms with Crippen molar-refractivity contribution in [2.45, 2.75) is 51.7 Å². The monoisotopic (exact) mass is 355 g/mol. The number of ether oxygens (including phenoxy) is 2. The molecule has 3 rings (SSSR count). The Kier molecular flexibility index (Phi) is 5.71. The van der Waals surface area contributed by atoms with Crippen LogP contribution in [-0.4, -0.2) is 29.1 Å². The lowest BCUT2D eigenvalue weighted by atomic mass is 10.1. The lowest BCUT2D eigenvalue weighted by Crippen LogP contribution is -2.27. The first-order chi connectivity index (χ1) is 12.6. The molecule has 1 saturated carbocycles. The van der Waals surface area contributed by atoms with E-state index in [0.29, 0.717) is 11.4 Å². The first kappa shape index (κ1) is 18.2. The van der Waals surface area contributed by atoms with E-state index >= 15 is 0 Å². The van der Waals surface area contributed by atoms with Crippen molar-refractivity contribution >= 4 is 5.91 Å². The Morgan fingerprint density at radius 3 is 2.62 bits per heavy atom. The minimum Gasteiger partial charge on any atom is -0.493 e. The number of methoxy groups -OCH3 is 1. The number of hydrogen-bond acceptors (Lipinski definition) is 5. The van der Waals surface area contributed by atoms with Gasteiger partial charge in [0.25, 0.3) is 5.91 Å². The summed E-state index contributed by atoms with van der Waals surface area (Å²) in [4.78, 5) is 20.5. The van der Waals surface area contributed by atoms with Gasteiger partial charge in [-0.15, -0.1) is 0 Å². The summed E-state index contributed by atoms with van der Waals surface area (Å²) in [7, 11) is 1.63. The van der Waals surface area contributed by atoms with E-state index in [1.165, 1.54) is 19.0 Å². The molecule has 0 radical (unpaired) electrons. The summed E-state index contributed by atoms with van der Waals surface area (Å²) in [6.45, 7) is 3.75. The highest BCUT2D eigenvalue weighted by Gasteiger charge is 2.20. The molecule has 1 atom stereocenters. The fourth-order valence-electron chi connectivity index (χ4n) is 3.10. The molecule has 1 aromatic heterocycles. The highest BCUT2D eigenvalue weighted by molar-refractivity contribution is 5.92. The van der Waals surface area contributed by atoms with Crippen LogP contribution in [0, 0.1) is 6.92 Å². The zero-order valence-electron chi connectivity index (χ0n) is 15.5. The van der Waals surface area contributed by atoms with Crippen molar-refractivity contribution in [1.82, 2.24) is 15.3 Å². The summed E-state index contributed by atoms with van der Waals surface area (Å²) in [5.74, 6) is 1.19. The topological polar surface area (TPSA) is 73.3 Å². The molecular formula is C20H25N3O3. The maximum absolute atomic E-state index is 12.3. The molecule has 1 fully saturated rings. The average Bonchev–Trinajstić information content (AvgIpc) is 3.15. The van der Waals surface area contributed by atoms with Crippen molar-refractivity contribution in [2.24, 2.45) is 0 Å². The number of rotatable bonds is 6. The van der Waals surface area contributed by atoms with Crippen molar-refractivity contribution in [3.05, 3.63) is 47.5 Å². The smallest absolute Gasteiger partial charge is 0.271 e. The first-order valence-corrected chi connectivity index (χ1v) is 9.01. The molecule has 6 nitrogen and oxygen atoms in total. The summed E-state index contributed by atoms with van der Waals surface area (Å²) in [5.41, 5.74) is 2.02. The van der Waals surface area contributed by atoms with Crippen molar-refractivity contribution in [2.75, 3.05) is 7.11 Å². The number of carbonyl (C=O) groups is 1. The van der Waals surface area contributed by atoms with Crippen LogP contribution in [0.3, 0.4) is 0 Å². The molecule has 0 unspecified atom stereocenters. The van der Waals surface area contributed by atoms with Gasteiger partial charge in [0.1, 0.15) is 5.69 Å². The average molecular weight is 355 g/mol. The van der Waals surface area contributed by atoms with E-state index in [2.05, 4.69) is 15.3 Å². The van der Waals surface area contributed by atoms with Gasteiger partial charge in [-0.3, -0.25) is 9.78 Å². The molecule has 1 N–H and O–H groups in total. The van der Waals surface area contributed by atoms with Crippen LogP contribution in [0.1, 0.15) is 60.4 Å². The Balaban J connectivity index is 1.69. The van der Waals surface area contributed by atoms with E-state index in [0.717, 1.165) is 29.8 Å². The van der Waals surface area contributed by atoms with Gasteiger partial charge in [0.15, 0.2) is 11.5 Å². The predicted molar refractivity (Wildman–Crippen MR) is 98.5 cm³/mol. The number of aryl methyl sites for hydroxylation is 1. The zero-order chi connectivity index (χ0) is 18.5. The largest absolute Gasteiger partial charge is 0.493 e. The predicted octanol–water partition coefficient (Wildman–Crippen LogP) is 3.61. The summed E-state index contributed by atoms with van der Waals surface area (Å²) in [6, 6.07) is 5.59. The van der Waals surface area contributed by atoms with Crippen LogP contribution in [0.2, 0.25) is 0 Å². The number of benzene rings is 1. The summed E-state index contributed by atoms with van der Waals surface area (Å²) >= 11 is 0. The lowest BCUT2D eigenvalue weighted by molar-refractivity contribution is 0.0934. The van der Waals surface area contributed by atoms with E-state index < -0.39 is 0 Å². The molecule has 0 bridgehead atoms. The number of nitrogens with one attached hydrogen (secondary N) is 1. The number of nitrogens with zero attached hydrogens (tertiary/aromatic N) is 2. The highest BCUT2D eigenvalue weighted by Crippen LogP contribution is 2.33. The standard InChI is InChI=1S/C20H25N3O3/c1-13-11-22-17(12-21-13)20(24)23-14(2)15-8-9-18(19(10-15)25-3)26-16-6-4-5-7-16/h8-12,14,16H,4-7H2,1-3H3,(H,23,24)/t14-/m1/s1. The number of hydrogen-bond donors (Lipinski definition) is 1. The molecule has 2 aromatic rings. The van der Waals surface area contributed by atoms with Gasteiger partial charge in [0.2, 0.25) is 0 Å². The SMILES string of the molecule is COc1cc([C@@H](C)NC(=O)c2cnc(C)cn2)ccc1OC1CCCC1. The van der Waals surface area contributed by atoms with Gasteiger partial charge in [-0.25, -0.2) is 4.98 Å². The molecule has 1 aromatic carbocycles. The second-order valence-electron chi connectivity index (χ2n) is 6.67. The molecule has 6 heteroatoms. The Morgan fingerprint density at radius 2 is 1.96 bits per heavy atom. The molecule has 1 heterocycles. The minimum atomic E-state index is -0.254. The van der Waals surface area contributed by atoms with Gasteiger partial charge in [-0.05, 0) is 57.2 Å². The fraction of sp³-hybridized carbons (Fsp3) is 0.450. The van der Waals surface area contributed by atoms with Crippen molar-refractivity contribution < 1.29 is 14.3 Å². The third kappa shape index (κ3) is 4.31. The van der Waals surface area contributed by atoms with Gasteiger partial charge in [-0.1, -0.05) is 6.07 Å². The molecule has 1 aliphatic carbocycles. The highest BCUT2D eigenvalue weighted by atomic mass is 16.5. The van der Waals surface area contributed by atoms with E-state index in [4.69, 9.17) is 9.47 Å². The number of carbonyl (C=O) groups excluding carboxylic acids is 1. The van der Waals surface area contributed by atoms with Crippen LogP contribution < -0.4 is 14.8 Å². The lowest BCUT2D eigenvalue weighted by Gasteiger charge is -2.19. The van der Waals surface area contributed by atoms with E-state index in [-0.39, 0.29) is 18.1 Å². The van der Waals surface area contributed by atoms with Crippen molar-refractivity contribution in [3.8, 4) is 11.5 Å². The second-order valence-corrected chi connectivity index (χ2v) is 6.67.